The number of carbonyl (C=O) groups is 1. The van der Waals surface area contributed by atoms with E-state index in [4.69, 9.17) is 4.74 Å². The largest absolute Gasteiger partial charge is 0.370 e. The van der Waals surface area contributed by atoms with Gasteiger partial charge in [-0.1, -0.05) is 24.3 Å². The molecule has 1 aliphatic heterocycles. The third-order valence-corrected chi connectivity index (χ3v) is 3.35. The van der Waals surface area contributed by atoms with Gasteiger partial charge in [0.1, 0.15) is 13.1 Å². The highest BCUT2D eigenvalue weighted by Gasteiger charge is 2.17. The number of nitrogens with one attached hydrogen (secondary N) is 2. The molecule has 0 aromatic heterocycles. The maximum atomic E-state index is 11.8. The van der Waals surface area contributed by atoms with E-state index < -0.39 is 0 Å². The van der Waals surface area contributed by atoms with E-state index in [-0.39, 0.29) is 5.91 Å². The lowest BCUT2D eigenvalue weighted by atomic mass is 10.1. The highest BCUT2D eigenvalue weighted by atomic mass is 16.5. The van der Waals surface area contributed by atoms with E-state index in [1.807, 2.05) is 12.1 Å². The molecule has 0 saturated carbocycles. The zero-order chi connectivity index (χ0) is 12.8. The first kappa shape index (κ1) is 13.1. The van der Waals surface area contributed by atoms with Gasteiger partial charge in [-0.15, -0.1) is 0 Å². The molecule has 1 saturated heterocycles. The van der Waals surface area contributed by atoms with Gasteiger partial charge in [0, 0.05) is 6.54 Å². The Morgan fingerprint density at radius 3 is 2.78 bits per heavy atom. The number of aryl methyl sites for hydroxylation is 1. The van der Waals surface area contributed by atoms with Crippen molar-refractivity contribution in [2.75, 3.05) is 32.8 Å². The minimum Gasteiger partial charge on any atom is -0.370 e. The summed E-state index contributed by atoms with van der Waals surface area (Å²) in [7, 11) is 0. The van der Waals surface area contributed by atoms with Crippen molar-refractivity contribution in [1.29, 1.82) is 0 Å². The molecule has 1 amide bonds. The van der Waals surface area contributed by atoms with Gasteiger partial charge in [-0.2, -0.15) is 0 Å². The van der Waals surface area contributed by atoms with Crippen LogP contribution in [0.1, 0.15) is 11.1 Å². The van der Waals surface area contributed by atoms with E-state index in [0.29, 0.717) is 13.1 Å². The van der Waals surface area contributed by atoms with Gasteiger partial charge < -0.3 is 15.0 Å². The summed E-state index contributed by atoms with van der Waals surface area (Å²) in [4.78, 5) is 13.1. The smallest absolute Gasteiger partial charge is 0.275 e. The van der Waals surface area contributed by atoms with E-state index in [1.165, 1.54) is 16.0 Å². The van der Waals surface area contributed by atoms with Gasteiger partial charge >= 0.3 is 0 Å². The molecule has 1 aromatic rings. The van der Waals surface area contributed by atoms with Crippen molar-refractivity contribution in [2.24, 2.45) is 0 Å². The molecule has 1 heterocycles. The van der Waals surface area contributed by atoms with Crippen LogP contribution in [0.15, 0.2) is 24.3 Å². The Balaban J connectivity index is 1.76. The standard InChI is InChI=1S/C14H20N2O2/c1-12-4-2-3-5-13(12)10-15-14(17)11-16-6-8-18-9-7-16/h2-5H,6-11H2,1H3,(H,15,17)/p+1. The van der Waals surface area contributed by atoms with E-state index in [2.05, 4.69) is 24.4 Å². The van der Waals surface area contributed by atoms with Crippen molar-refractivity contribution in [3.8, 4) is 0 Å². The fourth-order valence-electron chi connectivity index (χ4n) is 2.13. The zero-order valence-electron chi connectivity index (χ0n) is 10.9. The third-order valence-electron chi connectivity index (χ3n) is 3.35. The summed E-state index contributed by atoms with van der Waals surface area (Å²) in [5.41, 5.74) is 2.40. The summed E-state index contributed by atoms with van der Waals surface area (Å²) in [5.74, 6) is 0.121. The highest BCUT2D eigenvalue weighted by molar-refractivity contribution is 5.76. The molecule has 0 bridgehead atoms. The Labute approximate surface area is 108 Å². The fourth-order valence-corrected chi connectivity index (χ4v) is 2.13. The Hall–Kier alpha value is -1.39. The van der Waals surface area contributed by atoms with Crippen molar-refractivity contribution >= 4 is 5.91 Å². The normalized spacial score (nSPS) is 16.5. The molecule has 1 aliphatic rings. The molecule has 4 heteroatoms. The average Bonchev–Trinajstić information content (AvgIpc) is 2.39. The molecule has 2 rings (SSSR count). The molecular formula is C14H21N2O2+. The monoisotopic (exact) mass is 249 g/mol. The molecule has 1 fully saturated rings. The van der Waals surface area contributed by atoms with Crippen LogP contribution in [0.5, 0.6) is 0 Å². The Bertz CT molecular complexity index is 401. The van der Waals surface area contributed by atoms with Crippen molar-refractivity contribution < 1.29 is 14.4 Å². The molecule has 0 aliphatic carbocycles. The third kappa shape index (κ3) is 3.82. The summed E-state index contributed by atoms with van der Waals surface area (Å²) >= 11 is 0. The number of benzene rings is 1. The van der Waals surface area contributed by atoms with E-state index in [1.54, 1.807) is 0 Å². The summed E-state index contributed by atoms with van der Waals surface area (Å²) in [6.45, 7) is 6.62. The van der Waals surface area contributed by atoms with Gasteiger partial charge in [0.25, 0.3) is 5.91 Å². The SMILES string of the molecule is Cc1ccccc1CNC(=O)C[NH+]1CCOCC1. The summed E-state index contributed by atoms with van der Waals surface area (Å²) in [6.07, 6.45) is 0. The molecule has 1 aromatic carbocycles. The molecule has 4 nitrogen and oxygen atoms in total. The van der Waals surface area contributed by atoms with Crippen LogP contribution in [0.2, 0.25) is 0 Å². The quantitative estimate of drug-likeness (QED) is 0.757. The maximum Gasteiger partial charge on any atom is 0.275 e. The van der Waals surface area contributed by atoms with Gasteiger partial charge in [0.2, 0.25) is 0 Å². The Morgan fingerprint density at radius 2 is 2.06 bits per heavy atom. The van der Waals surface area contributed by atoms with Gasteiger partial charge in [0.15, 0.2) is 6.54 Å². The lowest BCUT2D eigenvalue weighted by molar-refractivity contribution is -0.900. The summed E-state index contributed by atoms with van der Waals surface area (Å²) in [6, 6.07) is 8.13. The lowest BCUT2D eigenvalue weighted by Gasteiger charge is -2.23. The summed E-state index contributed by atoms with van der Waals surface area (Å²) in [5, 5.41) is 2.99. The van der Waals surface area contributed by atoms with Crippen LogP contribution in [0, 0.1) is 6.92 Å². The zero-order valence-corrected chi connectivity index (χ0v) is 10.9. The molecule has 0 atom stereocenters. The maximum absolute atomic E-state index is 11.8. The Kier molecular flexibility index (Phi) is 4.73. The number of carbonyl (C=O) groups excluding carboxylic acids is 1. The van der Waals surface area contributed by atoms with Gasteiger partial charge in [-0.05, 0) is 18.1 Å². The summed E-state index contributed by atoms with van der Waals surface area (Å²) < 4.78 is 5.27. The predicted octanol–water partition coefficient (Wildman–Crippen LogP) is -0.474. The first-order valence-corrected chi connectivity index (χ1v) is 6.48. The van der Waals surface area contributed by atoms with Crippen LogP contribution in [0.4, 0.5) is 0 Å². The van der Waals surface area contributed by atoms with Crippen LogP contribution in [0.25, 0.3) is 0 Å². The van der Waals surface area contributed by atoms with Gasteiger partial charge in [-0.3, -0.25) is 4.79 Å². The molecule has 0 spiro atoms. The number of quaternary nitrogens is 1. The predicted molar refractivity (Wildman–Crippen MR) is 69.4 cm³/mol. The van der Waals surface area contributed by atoms with Crippen molar-refractivity contribution in [3.63, 3.8) is 0 Å². The lowest BCUT2D eigenvalue weighted by Crippen LogP contribution is -3.15. The van der Waals surface area contributed by atoms with Crippen molar-refractivity contribution in [2.45, 2.75) is 13.5 Å². The average molecular weight is 249 g/mol. The molecule has 18 heavy (non-hydrogen) atoms. The van der Waals surface area contributed by atoms with Crippen molar-refractivity contribution in [1.82, 2.24) is 5.32 Å². The van der Waals surface area contributed by atoms with Gasteiger partial charge in [-0.25, -0.2) is 0 Å². The first-order chi connectivity index (χ1) is 8.75. The van der Waals surface area contributed by atoms with E-state index in [9.17, 15) is 4.79 Å². The highest BCUT2D eigenvalue weighted by Crippen LogP contribution is 2.05. The molecule has 2 N–H and O–H groups in total. The van der Waals surface area contributed by atoms with Crippen LogP contribution >= 0.6 is 0 Å². The minimum absolute atomic E-state index is 0.121. The fraction of sp³-hybridized carbons (Fsp3) is 0.500. The van der Waals surface area contributed by atoms with Gasteiger partial charge in [0.05, 0.1) is 13.2 Å². The van der Waals surface area contributed by atoms with Crippen LogP contribution < -0.4 is 10.2 Å². The van der Waals surface area contributed by atoms with Crippen LogP contribution in [-0.4, -0.2) is 38.8 Å². The minimum atomic E-state index is 0.121. The number of ether oxygens (including phenoxy) is 1. The topological polar surface area (TPSA) is 42.8 Å². The second-order valence-corrected chi connectivity index (χ2v) is 4.74. The van der Waals surface area contributed by atoms with Crippen LogP contribution in [0.3, 0.4) is 0 Å². The molecule has 98 valence electrons. The van der Waals surface area contributed by atoms with E-state index >= 15 is 0 Å². The molecular weight excluding hydrogens is 228 g/mol. The van der Waals surface area contributed by atoms with Crippen molar-refractivity contribution in [3.05, 3.63) is 35.4 Å². The number of rotatable bonds is 4. The Morgan fingerprint density at radius 1 is 1.33 bits per heavy atom. The second kappa shape index (κ2) is 6.52. The number of morpholine rings is 1. The van der Waals surface area contributed by atoms with Crippen LogP contribution in [-0.2, 0) is 16.1 Å². The molecule has 0 unspecified atom stereocenters. The number of amides is 1. The van der Waals surface area contributed by atoms with E-state index in [0.717, 1.165) is 26.3 Å². The first-order valence-electron chi connectivity index (χ1n) is 6.48. The number of hydrogen-bond acceptors (Lipinski definition) is 2. The second-order valence-electron chi connectivity index (χ2n) is 4.74. The number of hydrogen-bond donors (Lipinski definition) is 2. The molecule has 0 radical (unpaired) electrons.